The zero-order valence-electron chi connectivity index (χ0n) is 14.4. The average Bonchev–Trinajstić information content (AvgIpc) is 3.10. The molecule has 7 heteroatoms. The number of amides is 1. The van der Waals surface area contributed by atoms with Crippen LogP contribution in [0.1, 0.15) is 11.3 Å². The van der Waals surface area contributed by atoms with Crippen LogP contribution in [0.25, 0.3) is 11.3 Å². The summed E-state index contributed by atoms with van der Waals surface area (Å²) in [4.78, 5) is 18.0. The van der Waals surface area contributed by atoms with Gasteiger partial charge in [0.05, 0.1) is 18.1 Å². The lowest BCUT2D eigenvalue weighted by atomic mass is 10.1. The van der Waals surface area contributed by atoms with Gasteiger partial charge in [0, 0.05) is 30.6 Å². The Kier molecular flexibility index (Phi) is 5.99. The van der Waals surface area contributed by atoms with Crippen LogP contribution in [0.3, 0.4) is 0 Å². The first kappa shape index (κ1) is 18.1. The third-order valence-corrected chi connectivity index (χ3v) is 4.11. The summed E-state index contributed by atoms with van der Waals surface area (Å²) in [5.74, 6) is 0.499. The minimum atomic E-state index is -0.0798. The molecule has 0 bridgehead atoms. The molecule has 0 unspecified atom stereocenters. The standard InChI is InChI=1S/C19H19ClN4O2/c1-24(12-14-6-8-21-9-7-14)13-19(25)22-11-15-10-18(26-23-15)16-4-2-3-5-17(16)20/h2-10H,11-13H2,1H3,(H,22,25). The second-order valence-corrected chi connectivity index (χ2v) is 6.37. The Morgan fingerprint density at radius 3 is 2.77 bits per heavy atom. The molecule has 3 aromatic rings. The fourth-order valence-electron chi connectivity index (χ4n) is 2.53. The van der Waals surface area contributed by atoms with Crippen molar-refractivity contribution in [2.24, 2.45) is 0 Å². The molecule has 0 saturated carbocycles. The molecule has 0 radical (unpaired) electrons. The van der Waals surface area contributed by atoms with Crippen LogP contribution in [0.15, 0.2) is 59.4 Å². The fraction of sp³-hybridized carbons (Fsp3) is 0.211. The molecule has 0 fully saturated rings. The van der Waals surface area contributed by atoms with Crippen LogP contribution in [-0.4, -0.2) is 34.5 Å². The first-order valence-electron chi connectivity index (χ1n) is 8.16. The quantitative estimate of drug-likeness (QED) is 0.691. The molecule has 134 valence electrons. The van der Waals surface area contributed by atoms with Crippen molar-refractivity contribution in [3.8, 4) is 11.3 Å². The summed E-state index contributed by atoms with van der Waals surface area (Å²) >= 11 is 6.15. The Morgan fingerprint density at radius 2 is 2.00 bits per heavy atom. The van der Waals surface area contributed by atoms with E-state index < -0.39 is 0 Å². The van der Waals surface area contributed by atoms with Gasteiger partial charge in [-0.3, -0.25) is 14.7 Å². The highest BCUT2D eigenvalue weighted by molar-refractivity contribution is 6.33. The largest absolute Gasteiger partial charge is 0.356 e. The molecule has 1 amide bonds. The Hall–Kier alpha value is -2.70. The number of benzene rings is 1. The summed E-state index contributed by atoms with van der Waals surface area (Å²) in [6, 6.07) is 13.0. The normalized spacial score (nSPS) is 10.9. The predicted molar refractivity (Wildman–Crippen MR) is 99.4 cm³/mol. The van der Waals surface area contributed by atoms with E-state index in [0.717, 1.165) is 11.1 Å². The first-order chi connectivity index (χ1) is 12.6. The smallest absolute Gasteiger partial charge is 0.234 e. The maximum atomic E-state index is 12.1. The summed E-state index contributed by atoms with van der Waals surface area (Å²) in [5.41, 5.74) is 2.53. The number of hydrogen-bond donors (Lipinski definition) is 1. The molecule has 3 rings (SSSR count). The molecular weight excluding hydrogens is 352 g/mol. The maximum Gasteiger partial charge on any atom is 0.234 e. The Balaban J connectivity index is 1.50. The van der Waals surface area contributed by atoms with Crippen molar-refractivity contribution in [1.29, 1.82) is 0 Å². The van der Waals surface area contributed by atoms with Gasteiger partial charge in [0.15, 0.2) is 5.76 Å². The highest BCUT2D eigenvalue weighted by Gasteiger charge is 2.11. The third kappa shape index (κ3) is 4.91. The van der Waals surface area contributed by atoms with Crippen molar-refractivity contribution in [1.82, 2.24) is 20.4 Å². The van der Waals surface area contributed by atoms with Crippen molar-refractivity contribution in [3.63, 3.8) is 0 Å². The zero-order valence-corrected chi connectivity index (χ0v) is 15.1. The van der Waals surface area contributed by atoms with E-state index in [4.69, 9.17) is 16.1 Å². The SMILES string of the molecule is CN(CC(=O)NCc1cc(-c2ccccc2Cl)on1)Cc1ccncc1. The molecule has 0 aliphatic heterocycles. The van der Waals surface area contributed by atoms with Gasteiger partial charge >= 0.3 is 0 Å². The highest BCUT2D eigenvalue weighted by atomic mass is 35.5. The molecule has 1 N–H and O–H groups in total. The number of carbonyl (C=O) groups excluding carboxylic acids is 1. The summed E-state index contributed by atoms with van der Waals surface area (Å²) in [7, 11) is 1.89. The number of hydrogen-bond acceptors (Lipinski definition) is 5. The highest BCUT2D eigenvalue weighted by Crippen LogP contribution is 2.27. The summed E-state index contributed by atoms with van der Waals surface area (Å²) < 4.78 is 5.32. The van der Waals surface area contributed by atoms with Crippen molar-refractivity contribution in [3.05, 3.63) is 71.1 Å². The van der Waals surface area contributed by atoms with Crippen molar-refractivity contribution < 1.29 is 9.32 Å². The molecule has 2 heterocycles. The summed E-state index contributed by atoms with van der Waals surface area (Å²) in [5, 5.41) is 7.42. The van der Waals surface area contributed by atoms with Gasteiger partial charge in [0.1, 0.15) is 5.69 Å². The number of nitrogens with zero attached hydrogens (tertiary/aromatic N) is 3. The van der Waals surface area contributed by atoms with Gasteiger partial charge in [0.25, 0.3) is 0 Å². The number of aromatic nitrogens is 2. The summed E-state index contributed by atoms with van der Waals surface area (Å²) in [6.07, 6.45) is 3.48. The topological polar surface area (TPSA) is 71.3 Å². The van der Waals surface area contributed by atoms with Crippen molar-refractivity contribution in [2.75, 3.05) is 13.6 Å². The second kappa shape index (κ2) is 8.60. The Bertz CT molecular complexity index is 867. The van der Waals surface area contributed by atoms with Crippen LogP contribution in [0.4, 0.5) is 0 Å². The predicted octanol–water partition coefficient (Wildman–Crippen LogP) is 3.14. The fourth-order valence-corrected chi connectivity index (χ4v) is 2.76. The number of likely N-dealkylation sites (N-methyl/N-ethyl adjacent to an activating group) is 1. The van der Waals surface area contributed by atoms with E-state index in [1.165, 1.54) is 0 Å². The van der Waals surface area contributed by atoms with Gasteiger partial charge in [0.2, 0.25) is 5.91 Å². The lowest BCUT2D eigenvalue weighted by Gasteiger charge is -2.15. The lowest BCUT2D eigenvalue weighted by Crippen LogP contribution is -2.34. The minimum Gasteiger partial charge on any atom is -0.356 e. The molecule has 1 aromatic carbocycles. The van der Waals surface area contributed by atoms with E-state index in [1.807, 2.05) is 42.3 Å². The van der Waals surface area contributed by atoms with Gasteiger partial charge in [-0.1, -0.05) is 28.9 Å². The van der Waals surface area contributed by atoms with Gasteiger partial charge in [-0.2, -0.15) is 0 Å². The van der Waals surface area contributed by atoms with Gasteiger partial charge < -0.3 is 9.84 Å². The number of carbonyl (C=O) groups is 1. The summed E-state index contributed by atoms with van der Waals surface area (Å²) in [6.45, 7) is 1.27. The second-order valence-electron chi connectivity index (χ2n) is 5.97. The van der Waals surface area contributed by atoms with Crippen LogP contribution in [0.2, 0.25) is 5.02 Å². The average molecular weight is 371 g/mol. The monoisotopic (exact) mass is 370 g/mol. The lowest BCUT2D eigenvalue weighted by molar-refractivity contribution is -0.122. The van der Waals surface area contributed by atoms with Crippen LogP contribution in [-0.2, 0) is 17.9 Å². The number of nitrogens with one attached hydrogen (secondary N) is 1. The van der Waals surface area contributed by atoms with E-state index in [2.05, 4.69) is 15.5 Å². The molecule has 26 heavy (non-hydrogen) atoms. The Morgan fingerprint density at radius 1 is 1.23 bits per heavy atom. The van der Waals surface area contributed by atoms with Gasteiger partial charge in [-0.25, -0.2) is 0 Å². The van der Waals surface area contributed by atoms with Gasteiger partial charge in [-0.05, 0) is 36.9 Å². The van der Waals surface area contributed by atoms with Crippen LogP contribution in [0.5, 0.6) is 0 Å². The van der Waals surface area contributed by atoms with Crippen LogP contribution >= 0.6 is 11.6 Å². The van der Waals surface area contributed by atoms with E-state index in [9.17, 15) is 4.79 Å². The molecule has 0 spiro atoms. The molecular formula is C19H19ClN4O2. The van der Waals surface area contributed by atoms with E-state index >= 15 is 0 Å². The van der Waals surface area contributed by atoms with Crippen molar-refractivity contribution in [2.45, 2.75) is 13.1 Å². The maximum absolute atomic E-state index is 12.1. The molecule has 0 aliphatic rings. The Labute approximate surface area is 156 Å². The number of halogens is 1. The number of pyridine rings is 1. The minimum absolute atomic E-state index is 0.0798. The third-order valence-electron chi connectivity index (χ3n) is 3.78. The van der Waals surface area contributed by atoms with Crippen LogP contribution in [0, 0.1) is 0 Å². The molecule has 0 aliphatic carbocycles. The van der Waals surface area contributed by atoms with E-state index in [-0.39, 0.29) is 12.5 Å². The first-order valence-corrected chi connectivity index (χ1v) is 8.54. The molecule has 2 aromatic heterocycles. The van der Waals surface area contributed by atoms with E-state index in [1.54, 1.807) is 24.5 Å². The molecule has 0 saturated heterocycles. The molecule has 6 nitrogen and oxygen atoms in total. The van der Waals surface area contributed by atoms with E-state index in [0.29, 0.717) is 29.6 Å². The zero-order chi connectivity index (χ0) is 18.4. The van der Waals surface area contributed by atoms with Crippen LogP contribution < -0.4 is 5.32 Å². The molecule has 0 atom stereocenters. The number of rotatable bonds is 7. The van der Waals surface area contributed by atoms with Crippen molar-refractivity contribution >= 4 is 17.5 Å². The van der Waals surface area contributed by atoms with Gasteiger partial charge in [-0.15, -0.1) is 0 Å².